The second-order valence-corrected chi connectivity index (χ2v) is 7.11. The SMILES string of the molecule is Cc1ccccc1C(=O)N[C@H](C(=O)OCC(=O)Nc1cccc(Cl)c1)C(C)C. The number of esters is 1. The predicted octanol–water partition coefficient (Wildman–Crippen LogP) is 3.58. The molecule has 28 heavy (non-hydrogen) atoms. The fourth-order valence-corrected chi connectivity index (χ4v) is 2.72. The highest BCUT2D eigenvalue weighted by Gasteiger charge is 2.27. The highest BCUT2D eigenvalue weighted by molar-refractivity contribution is 6.30. The highest BCUT2D eigenvalue weighted by atomic mass is 35.5. The van der Waals surface area contributed by atoms with Gasteiger partial charge in [-0.1, -0.05) is 49.7 Å². The molecule has 0 saturated heterocycles. The number of hydrogen-bond acceptors (Lipinski definition) is 4. The lowest BCUT2D eigenvalue weighted by Gasteiger charge is -2.21. The van der Waals surface area contributed by atoms with Gasteiger partial charge in [0.25, 0.3) is 11.8 Å². The fraction of sp³-hybridized carbons (Fsp3) is 0.286. The van der Waals surface area contributed by atoms with E-state index in [1.54, 1.807) is 50.2 Å². The van der Waals surface area contributed by atoms with Crippen LogP contribution < -0.4 is 10.6 Å². The van der Waals surface area contributed by atoms with Crippen molar-refractivity contribution in [3.63, 3.8) is 0 Å². The zero-order valence-corrected chi connectivity index (χ0v) is 16.7. The van der Waals surface area contributed by atoms with Crippen molar-refractivity contribution in [1.82, 2.24) is 5.32 Å². The Bertz CT molecular complexity index is 867. The van der Waals surface area contributed by atoms with Crippen LogP contribution >= 0.6 is 11.6 Å². The molecule has 0 spiro atoms. The zero-order chi connectivity index (χ0) is 20.7. The molecule has 2 aromatic carbocycles. The fourth-order valence-electron chi connectivity index (χ4n) is 2.53. The van der Waals surface area contributed by atoms with Crippen LogP contribution in [0.1, 0.15) is 29.8 Å². The smallest absolute Gasteiger partial charge is 0.329 e. The molecule has 1 atom stereocenters. The van der Waals surface area contributed by atoms with Gasteiger partial charge in [-0.15, -0.1) is 0 Å². The standard InChI is InChI=1S/C21H23ClN2O4/c1-13(2)19(24-20(26)17-10-5-4-7-14(17)3)21(27)28-12-18(25)23-16-9-6-8-15(22)11-16/h4-11,13,19H,12H2,1-3H3,(H,23,25)(H,24,26)/t19-/m0/s1. The largest absolute Gasteiger partial charge is 0.454 e. The zero-order valence-electron chi connectivity index (χ0n) is 16.0. The Balaban J connectivity index is 1.94. The van der Waals surface area contributed by atoms with Gasteiger partial charge >= 0.3 is 5.97 Å². The van der Waals surface area contributed by atoms with E-state index < -0.39 is 24.5 Å². The van der Waals surface area contributed by atoms with Gasteiger partial charge in [-0.3, -0.25) is 9.59 Å². The molecular formula is C21H23ClN2O4. The third-order valence-corrected chi connectivity index (χ3v) is 4.29. The number of benzene rings is 2. The number of carbonyl (C=O) groups excluding carboxylic acids is 3. The molecular weight excluding hydrogens is 380 g/mol. The summed E-state index contributed by atoms with van der Waals surface area (Å²) in [5.41, 5.74) is 1.79. The van der Waals surface area contributed by atoms with Gasteiger partial charge in [0.05, 0.1) is 0 Å². The molecule has 0 aliphatic rings. The van der Waals surface area contributed by atoms with Gasteiger partial charge in [-0.05, 0) is 42.7 Å². The third kappa shape index (κ3) is 6.09. The maximum Gasteiger partial charge on any atom is 0.329 e. The van der Waals surface area contributed by atoms with Crippen molar-refractivity contribution in [3.05, 3.63) is 64.7 Å². The first-order valence-corrected chi connectivity index (χ1v) is 9.24. The number of carbonyl (C=O) groups is 3. The minimum absolute atomic E-state index is 0.212. The molecule has 0 bridgehead atoms. The van der Waals surface area contributed by atoms with Gasteiger partial charge < -0.3 is 15.4 Å². The van der Waals surface area contributed by atoms with Gasteiger partial charge in [-0.2, -0.15) is 0 Å². The Hall–Kier alpha value is -2.86. The van der Waals surface area contributed by atoms with E-state index in [-0.39, 0.29) is 11.8 Å². The Morgan fingerprint density at radius 2 is 1.79 bits per heavy atom. The van der Waals surface area contributed by atoms with Crippen molar-refractivity contribution in [2.75, 3.05) is 11.9 Å². The molecule has 148 valence electrons. The number of halogens is 1. The van der Waals surface area contributed by atoms with Crippen LogP contribution in [0.5, 0.6) is 0 Å². The van der Waals surface area contributed by atoms with Crippen molar-refractivity contribution in [2.24, 2.45) is 5.92 Å². The van der Waals surface area contributed by atoms with E-state index in [0.717, 1.165) is 5.56 Å². The Kier molecular flexibility index (Phi) is 7.58. The van der Waals surface area contributed by atoms with Gasteiger partial charge in [0.15, 0.2) is 6.61 Å². The Morgan fingerprint density at radius 1 is 1.07 bits per heavy atom. The van der Waals surface area contributed by atoms with E-state index in [1.807, 2.05) is 19.1 Å². The summed E-state index contributed by atoms with van der Waals surface area (Å²) in [6.07, 6.45) is 0. The summed E-state index contributed by atoms with van der Waals surface area (Å²) in [5.74, 6) is -1.74. The molecule has 0 unspecified atom stereocenters. The predicted molar refractivity (Wildman–Crippen MR) is 108 cm³/mol. The Morgan fingerprint density at radius 3 is 2.43 bits per heavy atom. The first-order chi connectivity index (χ1) is 13.3. The van der Waals surface area contributed by atoms with Gasteiger partial charge in [-0.25, -0.2) is 4.79 Å². The number of anilines is 1. The molecule has 2 N–H and O–H groups in total. The van der Waals surface area contributed by atoms with E-state index in [4.69, 9.17) is 16.3 Å². The summed E-state index contributed by atoms with van der Waals surface area (Å²) in [7, 11) is 0. The normalized spacial score (nSPS) is 11.6. The first kappa shape index (κ1) is 21.4. The van der Waals surface area contributed by atoms with Crippen molar-refractivity contribution >= 4 is 35.1 Å². The minimum atomic E-state index is -0.869. The van der Waals surface area contributed by atoms with Crippen molar-refractivity contribution < 1.29 is 19.1 Å². The van der Waals surface area contributed by atoms with Gasteiger partial charge in [0, 0.05) is 16.3 Å². The van der Waals surface area contributed by atoms with Crippen LogP contribution in [0.25, 0.3) is 0 Å². The highest BCUT2D eigenvalue weighted by Crippen LogP contribution is 2.15. The maximum absolute atomic E-state index is 12.5. The molecule has 2 aromatic rings. The van der Waals surface area contributed by atoms with Gasteiger partial charge in [0.2, 0.25) is 0 Å². The van der Waals surface area contributed by atoms with Crippen molar-refractivity contribution in [1.29, 1.82) is 0 Å². The molecule has 2 rings (SSSR count). The molecule has 0 heterocycles. The molecule has 0 aromatic heterocycles. The second kappa shape index (κ2) is 9.90. The lowest BCUT2D eigenvalue weighted by Crippen LogP contribution is -2.46. The van der Waals surface area contributed by atoms with E-state index in [2.05, 4.69) is 10.6 Å². The Labute approximate surface area is 169 Å². The number of amides is 2. The van der Waals surface area contributed by atoms with Crippen molar-refractivity contribution in [2.45, 2.75) is 26.8 Å². The number of rotatable bonds is 7. The van der Waals surface area contributed by atoms with E-state index >= 15 is 0 Å². The number of ether oxygens (including phenoxy) is 1. The molecule has 0 fully saturated rings. The van der Waals surface area contributed by atoms with Crippen LogP contribution in [-0.2, 0) is 14.3 Å². The van der Waals surface area contributed by atoms with Crippen LogP contribution in [0.4, 0.5) is 5.69 Å². The molecule has 0 radical (unpaired) electrons. The van der Waals surface area contributed by atoms with Crippen LogP contribution in [0.15, 0.2) is 48.5 Å². The lowest BCUT2D eigenvalue weighted by atomic mass is 10.0. The average Bonchev–Trinajstić information content (AvgIpc) is 2.64. The number of aryl methyl sites for hydroxylation is 1. The summed E-state index contributed by atoms with van der Waals surface area (Å²) in [5, 5.41) is 5.76. The summed E-state index contributed by atoms with van der Waals surface area (Å²) in [4.78, 5) is 36.9. The summed E-state index contributed by atoms with van der Waals surface area (Å²) in [6, 6.07) is 12.9. The second-order valence-electron chi connectivity index (χ2n) is 6.68. The third-order valence-electron chi connectivity index (χ3n) is 4.05. The first-order valence-electron chi connectivity index (χ1n) is 8.86. The molecule has 0 aliphatic heterocycles. The number of hydrogen-bond donors (Lipinski definition) is 2. The molecule has 0 saturated carbocycles. The quantitative estimate of drug-likeness (QED) is 0.693. The van der Waals surface area contributed by atoms with Crippen molar-refractivity contribution in [3.8, 4) is 0 Å². The van der Waals surface area contributed by atoms with Crippen LogP contribution in [0.3, 0.4) is 0 Å². The van der Waals surface area contributed by atoms with Gasteiger partial charge in [0.1, 0.15) is 6.04 Å². The monoisotopic (exact) mass is 402 g/mol. The van der Waals surface area contributed by atoms with E-state index in [1.165, 1.54) is 0 Å². The average molecular weight is 403 g/mol. The molecule has 6 nitrogen and oxygen atoms in total. The topological polar surface area (TPSA) is 84.5 Å². The minimum Gasteiger partial charge on any atom is -0.454 e. The summed E-state index contributed by atoms with van der Waals surface area (Å²) in [6.45, 7) is 4.93. The summed E-state index contributed by atoms with van der Waals surface area (Å²) < 4.78 is 5.10. The molecule has 7 heteroatoms. The van der Waals surface area contributed by atoms with E-state index in [9.17, 15) is 14.4 Å². The van der Waals surface area contributed by atoms with Crippen LogP contribution in [0, 0.1) is 12.8 Å². The molecule has 2 amide bonds. The van der Waals surface area contributed by atoms with E-state index in [0.29, 0.717) is 16.3 Å². The lowest BCUT2D eigenvalue weighted by molar-refractivity contribution is -0.150. The molecule has 0 aliphatic carbocycles. The maximum atomic E-state index is 12.5. The van der Waals surface area contributed by atoms with Crippen LogP contribution in [0.2, 0.25) is 5.02 Å². The van der Waals surface area contributed by atoms with Crippen LogP contribution in [-0.4, -0.2) is 30.4 Å². The number of nitrogens with one attached hydrogen (secondary N) is 2. The summed E-state index contributed by atoms with van der Waals surface area (Å²) >= 11 is 5.87.